The van der Waals surface area contributed by atoms with Gasteiger partial charge in [0.15, 0.2) is 0 Å². The summed E-state index contributed by atoms with van der Waals surface area (Å²) in [5, 5.41) is 12.2. The van der Waals surface area contributed by atoms with Gasteiger partial charge >= 0.3 is 0 Å². The molecule has 0 aliphatic carbocycles. The Morgan fingerprint density at radius 3 is 2.36 bits per heavy atom. The summed E-state index contributed by atoms with van der Waals surface area (Å²) in [6, 6.07) is 6.50. The maximum atomic E-state index is 12.6. The van der Waals surface area contributed by atoms with Gasteiger partial charge in [0.05, 0.1) is 6.10 Å². The van der Waals surface area contributed by atoms with Gasteiger partial charge in [-0.15, -0.1) is 0 Å². The van der Waals surface area contributed by atoms with Crippen molar-refractivity contribution in [2.24, 2.45) is 0 Å². The van der Waals surface area contributed by atoms with Crippen molar-refractivity contribution in [3.63, 3.8) is 0 Å². The maximum Gasteiger partial charge on any atom is 0.123 e. The molecule has 0 bridgehead atoms. The molecule has 3 heteroatoms. The van der Waals surface area contributed by atoms with E-state index < -0.39 is 0 Å². The Morgan fingerprint density at radius 1 is 1.29 bits per heavy atom. The fourth-order valence-electron chi connectivity index (χ4n) is 1.22. The standard InChI is InChI=1S/C11H16FNO/c1-8(14)7-13-9(2)10-3-5-11(12)6-4-10/h3-6,8-9,13-14H,7H2,1-2H3/t8-,9-/m1/s1. The van der Waals surface area contributed by atoms with Crippen molar-refractivity contribution in [2.45, 2.75) is 26.0 Å². The smallest absolute Gasteiger partial charge is 0.123 e. The van der Waals surface area contributed by atoms with Crippen LogP contribution in [0.4, 0.5) is 4.39 Å². The van der Waals surface area contributed by atoms with Gasteiger partial charge in [-0.05, 0) is 31.5 Å². The molecule has 0 spiro atoms. The predicted octanol–water partition coefficient (Wildman–Crippen LogP) is 1.86. The average molecular weight is 197 g/mol. The van der Waals surface area contributed by atoms with Gasteiger partial charge in [0.25, 0.3) is 0 Å². The van der Waals surface area contributed by atoms with Gasteiger partial charge in [-0.2, -0.15) is 0 Å². The summed E-state index contributed by atoms with van der Waals surface area (Å²) < 4.78 is 12.6. The van der Waals surface area contributed by atoms with Crippen molar-refractivity contribution in [3.05, 3.63) is 35.6 Å². The fraction of sp³-hybridized carbons (Fsp3) is 0.455. The van der Waals surface area contributed by atoms with E-state index >= 15 is 0 Å². The summed E-state index contributed by atoms with van der Waals surface area (Å²) >= 11 is 0. The molecule has 0 heterocycles. The first-order valence-electron chi connectivity index (χ1n) is 4.76. The Labute approximate surface area is 83.8 Å². The van der Waals surface area contributed by atoms with Gasteiger partial charge in [-0.3, -0.25) is 0 Å². The lowest BCUT2D eigenvalue weighted by atomic mass is 10.1. The van der Waals surface area contributed by atoms with Crippen LogP contribution in [0.1, 0.15) is 25.5 Å². The highest BCUT2D eigenvalue weighted by atomic mass is 19.1. The normalized spacial score (nSPS) is 15.1. The lowest BCUT2D eigenvalue weighted by molar-refractivity contribution is 0.187. The van der Waals surface area contributed by atoms with Crippen molar-refractivity contribution in [2.75, 3.05) is 6.54 Å². The van der Waals surface area contributed by atoms with E-state index in [1.54, 1.807) is 19.1 Å². The summed E-state index contributed by atoms with van der Waals surface area (Å²) in [5.41, 5.74) is 1.02. The van der Waals surface area contributed by atoms with E-state index in [2.05, 4.69) is 5.32 Å². The molecular weight excluding hydrogens is 181 g/mol. The van der Waals surface area contributed by atoms with Crippen LogP contribution in [0.15, 0.2) is 24.3 Å². The summed E-state index contributed by atoms with van der Waals surface area (Å²) in [5.74, 6) is -0.225. The van der Waals surface area contributed by atoms with Crippen molar-refractivity contribution in [1.29, 1.82) is 0 Å². The summed E-state index contributed by atoms with van der Waals surface area (Å²) in [7, 11) is 0. The summed E-state index contributed by atoms with van der Waals surface area (Å²) in [6.45, 7) is 4.25. The molecule has 2 nitrogen and oxygen atoms in total. The SMILES string of the molecule is C[C@@H](O)CN[C@H](C)c1ccc(F)cc1. The van der Waals surface area contributed by atoms with E-state index in [0.717, 1.165) is 5.56 Å². The zero-order valence-corrected chi connectivity index (χ0v) is 8.50. The number of nitrogens with one attached hydrogen (secondary N) is 1. The molecule has 0 fully saturated rings. The van der Waals surface area contributed by atoms with Crippen LogP contribution in [0.3, 0.4) is 0 Å². The van der Waals surface area contributed by atoms with Crippen LogP contribution >= 0.6 is 0 Å². The van der Waals surface area contributed by atoms with Crippen molar-refractivity contribution in [3.8, 4) is 0 Å². The van der Waals surface area contributed by atoms with E-state index in [9.17, 15) is 4.39 Å². The molecule has 2 atom stereocenters. The van der Waals surface area contributed by atoms with Gasteiger partial charge in [0.2, 0.25) is 0 Å². The molecule has 0 aliphatic heterocycles. The van der Waals surface area contributed by atoms with Crippen molar-refractivity contribution < 1.29 is 9.50 Å². The Hall–Kier alpha value is -0.930. The molecule has 0 amide bonds. The molecule has 0 aromatic heterocycles. The van der Waals surface area contributed by atoms with Crippen LogP contribution in [0.25, 0.3) is 0 Å². The molecule has 1 aromatic rings. The molecule has 1 aromatic carbocycles. The van der Waals surface area contributed by atoms with Crippen LogP contribution < -0.4 is 5.32 Å². The van der Waals surface area contributed by atoms with Crippen molar-refractivity contribution >= 4 is 0 Å². The van der Waals surface area contributed by atoms with Gasteiger partial charge < -0.3 is 10.4 Å². The van der Waals surface area contributed by atoms with Crippen LogP contribution in [0.2, 0.25) is 0 Å². The first kappa shape index (κ1) is 11.1. The fourth-order valence-corrected chi connectivity index (χ4v) is 1.22. The second kappa shape index (κ2) is 5.08. The molecule has 14 heavy (non-hydrogen) atoms. The van der Waals surface area contributed by atoms with Gasteiger partial charge in [-0.25, -0.2) is 4.39 Å². The maximum absolute atomic E-state index is 12.6. The van der Waals surface area contributed by atoms with Gasteiger partial charge in [-0.1, -0.05) is 12.1 Å². The van der Waals surface area contributed by atoms with E-state index in [-0.39, 0.29) is 18.0 Å². The Morgan fingerprint density at radius 2 is 1.86 bits per heavy atom. The number of benzene rings is 1. The number of aliphatic hydroxyl groups is 1. The quantitative estimate of drug-likeness (QED) is 0.772. The zero-order valence-electron chi connectivity index (χ0n) is 8.50. The van der Waals surface area contributed by atoms with E-state index in [1.165, 1.54) is 12.1 Å². The summed E-state index contributed by atoms with van der Waals surface area (Å²) in [6.07, 6.45) is -0.363. The predicted molar refractivity (Wildman–Crippen MR) is 54.5 cm³/mol. The Bertz CT molecular complexity index is 271. The Kier molecular flexibility index (Phi) is 4.04. The molecule has 0 radical (unpaired) electrons. The molecule has 78 valence electrons. The summed E-state index contributed by atoms with van der Waals surface area (Å²) in [4.78, 5) is 0. The topological polar surface area (TPSA) is 32.3 Å². The first-order chi connectivity index (χ1) is 6.59. The second-order valence-electron chi connectivity index (χ2n) is 3.53. The lowest BCUT2D eigenvalue weighted by Gasteiger charge is -2.15. The third-order valence-electron chi connectivity index (χ3n) is 2.09. The number of aliphatic hydroxyl groups excluding tert-OH is 1. The van der Waals surface area contributed by atoms with Crippen LogP contribution in [-0.2, 0) is 0 Å². The molecule has 2 N–H and O–H groups in total. The highest BCUT2D eigenvalue weighted by Gasteiger charge is 2.05. The lowest BCUT2D eigenvalue weighted by Crippen LogP contribution is -2.27. The highest BCUT2D eigenvalue weighted by Crippen LogP contribution is 2.12. The number of halogens is 1. The number of hydrogen-bond acceptors (Lipinski definition) is 2. The molecule has 1 rings (SSSR count). The molecule has 0 unspecified atom stereocenters. The second-order valence-corrected chi connectivity index (χ2v) is 3.53. The third-order valence-corrected chi connectivity index (χ3v) is 2.09. The van der Waals surface area contributed by atoms with Crippen LogP contribution in [-0.4, -0.2) is 17.8 Å². The minimum absolute atomic E-state index is 0.130. The monoisotopic (exact) mass is 197 g/mol. The number of hydrogen-bond donors (Lipinski definition) is 2. The molecule has 0 aliphatic rings. The van der Waals surface area contributed by atoms with Crippen LogP contribution in [0, 0.1) is 5.82 Å². The highest BCUT2D eigenvalue weighted by molar-refractivity contribution is 5.19. The average Bonchev–Trinajstić information content (AvgIpc) is 2.15. The minimum Gasteiger partial charge on any atom is -0.392 e. The third kappa shape index (κ3) is 3.44. The van der Waals surface area contributed by atoms with E-state index in [0.29, 0.717) is 6.54 Å². The molecule has 0 saturated carbocycles. The van der Waals surface area contributed by atoms with Gasteiger partial charge in [0, 0.05) is 12.6 Å². The Balaban J connectivity index is 2.52. The first-order valence-corrected chi connectivity index (χ1v) is 4.76. The zero-order chi connectivity index (χ0) is 10.6. The van der Waals surface area contributed by atoms with Gasteiger partial charge in [0.1, 0.15) is 5.82 Å². The minimum atomic E-state index is -0.363. The molecular formula is C11H16FNO. The van der Waals surface area contributed by atoms with Crippen LogP contribution in [0.5, 0.6) is 0 Å². The molecule has 0 saturated heterocycles. The van der Waals surface area contributed by atoms with E-state index in [4.69, 9.17) is 5.11 Å². The van der Waals surface area contributed by atoms with Crippen molar-refractivity contribution in [1.82, 2.24) is 5.32 Å². The van der Waals surface area contributed by atoms with E-state index in [1.807, 2.05) is 6.92 Å². The number of rotatable bonds is 4. The largest absolute Gasteiger partial charge is 0.392 e.